The largest absolute Gasteiger partial charge is 0.512 e. The average molecular weight is 206 g/mol. The standard InChI is InChI=1S/C10H14N4O/c1-6-4-7(2)13-10(12-6)14-9(11)5-8(3)15/h4-5,15H,1-3H3,(H2,11,12,13,14)/b8-5+. The van der Waals surface area contributed by atoms with Crippen molar-refractivity contribution in [3.05, 3.63) is 29.3 Å². The first kappa shape index (κ1) is 11.2. The van der Waals surface area contributed by atoms with Gasteiger partial charge in [0.1, 0.15) is 5.84 Å². The molecule has 0 aliphatic heterocycles. The van der Waals surface area contributed by atoms with E-state index in [0.717, 1.165) is 11.4 Å². The zero-order valence-corrected chi connectivity index (χ0v) is 9.02. The molecule has 0 aromatic carbocycles. The van der Waals surface area contributed by atoms with Crippen molar-refractivity contribution in [3.8, 4) is 0 Å². The molecular weight excluding hydrogens is 192 g/mol. The lowest BCUT2D eigenvalue weighted by molar-refractivity contribution is 0.415. The van der Waals surface area contributed by atoms with Crippen LogP contribution >= 0.6 is 0 Å². The maximum Gasteiger partial charge on any atom is 0.251 e. The Balaban J connectivity index is 3.03. The summed E-state index contributed by atoms with van der Waals surface area (Å²) in [5.41, 5.74) is 7.20. The fourth-order valence-electron chi connectivity index (χ4n) is 1.12. The Morgan fingerprint density at radius 1 is 1.40 bits per heavy atom. The van der Waals surface area contributed by atoms with E-state index in [4.69, 9.17) is 10.8 Å². The van der Waals surface area contributed by atoms with Crippen LogP contribution in [0.25, 0.3) is 0 Å². The van der Waals surface area contributed by atoms with Gasteiger partial charge in [0, 0.05) is 17.5 Å². The van der Waals surface area contributed by atoms with Crippen LogP contribution in [-0.2, 0) is 0 Å². The third-order valence-electron chi connectivity index (χ3n) is 1.56. The van der Waals surface area contributed by atoms with E-state index in [9.17, 15) is 0 Å². The van der Waals surface area contributed by atoms with E-state index in [-0.39, 0.29) is 11.6 Å². The number of aliphatic hydroxyl groups is 1. The molecule has 0 saturated carbocycles. The molecule has 0 unspecified atom stereocenters. The van der Waals surface area contributed by atoms with Crippen molar-refractivity contribution >= 4 is 11.8 Å². The minimum absolute atomic E-state index is 0.0978. The third-order valence-corrected chi connectivity index (χ3v) is 1.56. The average Bonchev–Trinajstić information content (AvgIpc) is 1.98. The lowest BCUT2D eigenvalue weighted by atomic mass is 10.4. The van der Waals surface area contributed by atoms with Crippen LogP contribution in [0, 0.1) is 13.8 Å². The van der Waals surface area contributed by atoms with Crippen LogP contribution in [0.3, 0.4) is 0 Å². The normalized spacial score (nSPS) is 13.0. The Morgan fingerprint density at radius 3 is 2.40 bits per heavy atom. The highest BCUT2D eigenvalue weighted by molar-refractivity contribution is 5.93. The van der Waals surface area contributed by atoms with Crippen molar-refractivity contribution in [1.29, 1.82) is 0 Å². The zero-order chi connectivity index (χ0) is 11.4. The number of hydrogen-bond donors (Lipinski definition) is 2. The summed E-state index contributed by atoms with van der Waals surface area (Å²) >= 11 is 0. The van der Waals surface area contributed by atoms with Crippen LogP contribution in [0.15, 0.2) is 22.9 Å². The summed E-state index contributed by atoms with van der Waals surface area (Å²) in [5, 5.41) is 8.97. The summed E-state index contributed by atoms with van der Waals surface area (Å²) in [4.78, 5) is 12.1. The summed E-state index contributed by atoms with van der Waals surface area (Å²) in [6.07, 6.45) is 1.35. The predicted octanol–water partition coefficient (Wildman–Crippen LogP) is 1.54. The molecule has 0 atom stereocenters. The van der Waals surface area contributed by atoms with Crippen LogP contribution < -0.4 is 5.73 Å². The molecule has 0 spiro atoms. The first-order chi connectivity index (χ1) is 6.97. The minimum atomic E-state index is 0.0978. The van der Waals surface area contributed by atoms with E-state index in [0.29, 0.717) is 5.95 Å². The van der Waals surface area contributed by atoms with Crippen LogP contribution in [-0.4, -0.2) is 20.9 Å². The molecule has 0 fully saturated rings. The van der Waals surface area contributed by atoms with Gasteiger partial charge in [-0.15, -0.1) is 0 Å². The predicted molar refractivity (Wildman–Crippen MR) is 59.2 cm³/mol. The van der Waals surface area contributed by atoms with Crippen molar-refractivity contribution in [1.82, 2.24) is 9.97 Å². The molecular formula is C10H14N4O. The Hall–Kier alpha value is -1.91. The first-order valence-electron chi connectivity index (χ1n) is 4.51. The molecule has 0 aliphatic carbocycles. The topological polar surface area (TPSA) is 84.4 Å². The number of aromatic nitrogens is 2. The Kier molecular flexibility index (Phi) is 3.38. The van der Waals surface area contributed by atoms with E-state index in [1.54, 1.807) is 0 Å². The van der Waals surface area contributed by atoms with Crippen LogP contribution in [0.2, 0.25) is 0 Å². The van der Waals surface area contributed by atoms with E-state index in [2.05, 4.69) is 15.0 Å². The number of aliphatic hydroxyl groups excluding tert-OH is 1. The quantitative estimate of drug-likeness (QED) is 0.436. The van der Waals surface area contributed by atoms with Gasteiger partial charge in [-0.25, -0.2) is 9.97 Å². The van der Waals surface area contributed by atoms with E-state index in [1.807, 2.05) is 19.9 Å². The van der Waals surface area contributed by atoms with Crippen LogP contribution in [0.4, 0.5) is 5.95 Å². The van der Waals surface area contributed by atoms with Crippen molar-refractivity contribution in [2.45, 2.75) is 20.8 Å². The number of allylic oxidation sites excluding steroid dienone is 1. The van der Waals surface area contributed by atoms with Crippen LogP contribution in [0.5, 0.6) is 0 Å². The monoisotopic (exact) mass is 206 g/mol. The van der Waals surface area contributed by atoms with Crippen molar-refractivity contribution in [2.24, 2.45) is 10.7 Å². The third kappa shape index (κ3) is 3.76. The lowest BCUT2D eigenvalue weighted by Gasteiger charge is -1.98. The molecule has 0 bridgehead atoms. The number of nitrogens with zero attached hydrogens (tertiary/aromatic N) is 3. The van der Waals surface area contributed by atoms with E-state index >= 15 is 0 Å². The smallest absolute Gasteiger partial charge is 0.251 e. The number of rotatable bonds is 2. The van der Waals surface area contributed by atoms with Gasteiger partial charge >= 0.3 is 0 Å². The molecule has 3 N–H and O–H groups in total. The molecule has 0 radical (unpaired) electrons. The van der Waals surface area contributed by atoms with Gasteiger partial charge in [-0.3, -0.25) is 0 Å². The summed E-state index contributed by atoms with van der Waals surface area (Å²) < 4.78 is 0. The molecule has 80 valence electrons. The van der Waals surface area contributed by atoms with E-state index in [1.165, 1.54) is 13.0 Å². The highest BCUT2D eigenvalue weighted by Crippen LogP contribution is 2.07. The summed E-state index contributed by atoms with van der Waals surface area (Å²) in [6.45, 7) is 5.23. The Labute approximate surface area is 88.4 Å². The molecule has 1 rings (SSSR count). The van der Waals surface area contributed by atoms with Gasteiger partial charge in [-0.1, -0.05) is 0 Å². The summed E-state index contributed by atoms with van der Waals surface area (Å²) in [5.74, 6) is 0.586. The summed E-state index contributed by atoms with van der Waals surface area (Å²) in [6, 6.07) is 1.85. The molecule has 0 amide bonds. The number of aryl methyl sites for hydroxylation is 2. The maximum atomic E-state index is 8.97. The van der Waals surface area contributed by atoms with Crippen molar-refractivity contribution in [3.63, 3.8) is 0 Å². The second-order valence-corrected chi connectivity index (χ2v) is 3.27. The maximum absolute atomic E-state index is 8.97. The number of amidine groups is 1. The van der Waals surface area contributed by atoms with Gasteiger partial charge in [0.05, 0.1) is 5.76 Å². The number of hydrogen-bond acceptors (Lipinski definition) is 4. The number of aliphatic imine (C=N–C) groups is 1. The van der Waals surface area contributed by atoms with Gasteiger partial charge in [-0.2, -0.15) is 4.99 Å². The second-order valence-electron chi connectivity index (χ2n) is 3.27. The van der Waals surface area contributed by atoms with Crippen molar-refractivity contribution in [2.75, 3.05) is 0 Å². The van der Waals surface area contributed by atoms with Gasteiger partial charge in [0.25, 0.3) is 5.95 Å². The SMILES string of the molecule is C/C(O)=C\C(N)=N/c1nc(C)cc(C)n1. The molecule has 0 saturated heterocycles. The van der Waals surface area contributed by atoms with E-state index < -0.39 is 0 Å². The van der Waals surface area contributed by atoms with Gasteiger partial charge in [-0.05, 0) is 26.8 Å². The molecule has 5 nitrogen and oxygen atoms in total. The van der Waals surface area contributed by atoms with Crippen LogP contribution in [0.1, 0.15) is 18.3 Å². The molecule has 1 aromatic heterocycles. The Bertz CT molecular complexity index is 399. The number of nitrogens with two attached hydrogens (primary N) is 1. The molecule has 0 aliphatic rings. The summed E-state index contributed by atoms with van der Waals surface area (Å²) in [7, 11) is 0. The highest BCUT2D eigenvalue weighted by atomic mass is 16.3. The van der Waals surface area contributed by atoms with Gasteiger partial charge < -0.3 is 10.8 Å². The second kappa shape index (κ2) is 4.54. The fourth-order valence-corrected chi connectivity index (χ4v) is 1.12. The fraction of sp³-hybridized carbons (Fsp3) is 0.300. The molecule has 1 heterocycles. The molecule has 15 heavy (non-hydrogen) atoms. The highest BCUT2D eigenvalue weighted by Gasteiger charge is 1.98. The minimum Gasteiger partial charge on any atom is -0.512 e. The van der Waals surface area contributed by atoms with Gasteiger partial charge in [0.2, 0.25) is 0 Å². The zero-order valence-electron chi connectivity index (χ0n) is 9.02. The molecule has 5 heteroatoms. The lowest BCUT2D eigenvalue weighted by Crippen LogP contribution is -2.08. The Morgan fingerprint density at radius 2 is 1.93 bits per heavy atom. The van der Waals surface area contributed by atoms with Gasteiger partial charge in [0.15, 0.2) is 0 Å². The van der Waals surface area contributed by atoms with Crippen molar-refractivity contribution < 1.29 is 5.11 Å². The molecule has 1 aromatic rings. The first-order valence-corrected chi connectivity index (χ1v) is 4.51.